The fourth-order valence-electron chi connectivity index (χ4n) is 0.444. The van der Waals surface area contributed by atoms with Crippen molar-refractivity contribution in [1.29, 1.82) is 0 Å². The molecule has 1 unspecified atom stereocenters. The zero-order valence-electron chi connectivity index (χ0n) is 7.13. The summed E-state index contributed by atoms with van der Waals surface area (Å²) >= 11 is -1.77. The molecule has 1 N–H and O–H groups in total. The zero-order valence-corrected chi connectivity index (χ0v) is 8.94. The molecule has 0 heterocycles. The summed E-state index contributed by atoms with van der Waals surface area (Å²) in [5.41, 5.74) is 0. The molecule has 0 aliphatic rings. The monoisotopic (exact) mass is 161 g/mol. The van der Waals surface area contributed by atoms with Gasteiger partial charge >= 0.3 is 29.6 Å². The molecule has 0 aliphatic carbocycles. The van der Waals surface area contributed by atoms with Crippen LogP contribution in [-0.2, 0) is 11.3 Å². The second kappa shape index (κ2) is 7.18. The Labute approximate surface area is 82.0 Å². The molecular formula is C4H12NNaO2S. The molecule has 0 aromatic rings. The van der Waals surface area contributed by atoms with Gasteiger partial charge in [0.05, 0.1) is 0 Å². The van der Waals surface area contributed by atoms with Gasteiger partial charge in [0, 0.05) is 13.1 Å². The van der Waals surface area contributed by atoms with E-state index in [0.717, 1.165) is 0 Å². The summed E-state index contributed by atoms with van der Waals surface area (Å²) in [6.07, 6.45) is 0. The van der Waals surface area contributed by atoms with Crippen LogP contribution >= 0.6 is 0 Å². The molecule has 1 atom stereocenters. The predicted octanol–water partition coefficient (Wildman–Crippen LogP) is -2.42. The molecule has 0 rings (SSSR count). The smallest absolute Gasteiger partial charge is 1.00 e. The van der Waals surface area contributed by atoms with Crippen LogP contribution in [0.1, 0.15) is 15.3 Å². The van der Waals surface area contributed by atoms with Crippen LogP contribution < -0.4 is 29.6 Å². The van der Waals surface area contributed by atoms with Gasteiger partial charge in [0.1, 0.15) is 0 Å². The Kier molecular flexibility index (Phi) is 10.1. The average Bonchev–Trinajstić information content (AvgIpc) is 1.69. The molecule has 5 heteroatoms. The first kappa shape index (κ1) is 12.7. The summed E-state index contributed by atoms with van der Waals surface area (Å²) in [4.78, 5) is 0. The minimum absolute atomic E-state index is 0. The molecule has 0 radical (unpaired) electrons. The van der Waals surface area contributed by atoms with E-state index in [-0.39, 0.29) is 31.0 Å². The minimum atomic E-state index is -1.77. The van der Waals surface area contributed by atoms with Gasteiger partial charge in [0.25, 0.3) is 0 Å². The Morgan fingerprint density at radius 1 is 1.56 bits per heavy atom. The normalized spacial score (nSPS) is 12.9. The van der Waals surface area contributed by atoms with Gasteiger partial charge in [-0.05, 0) is 0 Å². The van der Waals surface area contributed by atoms with Gasteiger partial charge < -0.3 is 1.43 Å². The van der Waals surface area contributed by atoms with Crippen molar-refractivity contribution in [3.05, 3.63) is 0 Å². The van der Waals surface area contributed by atoms with Crippen molar-refractivity contribution in [3.8, 4) is 0 Å². The van der Waals surface area contributed by atoms with Gasteiger partial charge in [-0.1, -0.05) is 13.8 Å². The van der Waals surface area contributed by atoms with Crippen molar-refractivity contribution in [2.24, 2.45) is 0 Å². The van der Waals surface area contributed by atoms with Crippen molar-refractivity contribution < 1.29 is 39.7 Å². The van der Waals surface area contributed by atoms with Gasteiger partial charge in [-0.2, -0.15) is 0 Å². The molecule has 0 bridgehead atoms. The number of hydrogen-bond donors (Lipinski definition) is 1. The Balaban J connectivity index is -0.000000245. The first-order valence-electron chi connectivity index (χ1n) is 2.58. The van der Waals surface area contributed by atoms with Crippen LogP contribution in [0.4, 0.5) is 0 Å². The van der Waals surface area contributed by atoms with Crippen LogP contribution in [-0.4, -0.2) is 26.2 Å². The molecule has 0 saturated heterocycles. The average molecular weight is 161 g/mol. The van der Waals surface area contributed by atoms with E-state index in [1.807, 2.05) is 13.8 Å². The van der Waals surface area contributed by atoms with Gasteiger partial charge in [-0.3, -0.25) is 4.55 Å². The van der Waals surface area contributed by atoms with Gasteiger partial charge in [-0.25, -0.2) is 8.51 Å². The summed E-state index contributed by atoms with van der Waals surface area (Å²) in [6.45, 7) is 4.94. The summed E-state index contributed by atoms with van der Waals surface area (Å²) in [6, 6.07) is 0. The maximum absolute atomic E-state index is 10.2. The largest absolute Gasteiger partial charge is 1.00 e. The zero-order chi connectivity index (χ0) is 6.57. The third-order valence-electron chi connectivity index (χ3n) is 0.926. The summed E-state index contributed by atoms with van der Waals surface area (Å²) in [5, 5.41) is 0. The van der Waals surface area contributed by atoms with E-state index in [1.54, 1.807) is 0 Å². The Hall–Kier alpha value is 1.07. The molecule has 0 aliphatic heterocycles. The maximum atomic E-state index is 10.2. The van der Waals surface area contributed by atoms with E-state index >= 15 is 0 Å². The Bertz CT molecular complexity index is 91.3. The minimum Gasteiger partial charge on any atom is -1.00 e. The second-order valence-corrected chi connectivity index (χ2v) is 2.32. The standard InChI is InChI=1S/C4H11NO2S.Na.H/c1-3-5(4-2)8(6)7;;/h3-4H2,1-2H3,(H,6,7);;/q;+1;-1. The topological polar surface area (TPSA) is 40.5 Å². The van der Waals surface area contributed by atoms with Crippen LogP contribution in [0, 0.1) is 0 Å². The van der Waals surface area contributed by atoms with Gasteiger partial charge in [0.2, 0.25) is 11.3 Å². The van der Waals surface area contributed by atoms with Crippen LogP contribution in [0.25, 0.3) is 0 Å². The summed E-state index contributed by atoms with van der Waals surface area (Å²) in [5.74, 6) is 0. The predicted molar refractivity (Wildman–Crippen MR) is 34.8 cm³/mol. The van der Waals surface area contributed by atoms with Gasteiger partial charge in [-0.15, -0.1) is 0 Å². The third-order valence-corrected chi connectivity index (χ3v) is 1.88. The fraction of sp³-hybridized carbons (Fsp3) is 1.00. The van der Waals surface area contributed by atoms with Crippen LogP contribution in [0.3, 0.4) is 0 Å². The Morgan fingerprint density at radius 3 is 1.89 bits per heavy atom. The van der Waals surface area contributed by atoms with E-state index < -0.39 is 11.3 Å². The van der Waals surface area contributed by atoms with Crippen molar-refractivity contribution in [3.63, 3.8) is 0 Å². The molecular weight excluding hydrogens is 149 g/mol. The molecule has 9 heavy (non-hydrogen) atoms. The van der Waals surface area contributed by atoms with Crippen molar-refractivity contribution in [1.82, 2.24) is 4.31 Å². The maximum Gasteiger partial charge on any atom is 1.00 e. The van der Waals surface area contributed by atoms with Gasteiger partial charge in [0.15, 0.2) is 0 Å². The van der Waals surface area contributed by atoms with E-state index in [0.29, 0.717) is 13.1 Å². The second-order valence-electron chi connectivity index (χ2n) is 1.34. The van der Waals surface area contributed by atoms with Crippen molar-refractivity contribution >= 4 is 11.3 Å². The van der Waals surface area contributed by atoms with E-state index in [2.05, 4.69) is 0 Å². The molecule has 0 amide bonds. The molecule has 0 spiro atoms. The first-order chi connectivity index (χ1) is 3.72. The molecule has 0 saturated carbocycles. The SMILES string of the molecule is CCN(CC)S(=O)O.[H-].[Na+]. The molecule has 0 aromatic carbocycles. The van der Waals surface area contributed by atoms with Crippen molar-refractivity contribution in [2.45, 2.75) is 13.8 Å². The third kappa shape index (κ3) is 5.51. The van der Waals surface area contributed by atoms with Crippen LogP contribution in [0.5, 0.6) is 0 Å². The number of hydrogen-bond acceptors (Lipinski definition) is 1. The first-order valence-corrected chi connectivity index (χ1v) is 3.64. The van der Waals surface area contributed by atoms with E-state index in [1.165, 1.54) is 4.31 Å². The molecule has 0 aromatic heterocycles. The van der Waals surface area contributed by atoms with E-state index in [4.69, 9.17) is 4.55 Å². The Morgan fingerprint density at radius 2 is 1.89 bits per heavy atom. The quantitative estimate of drug-likeness (QED) is 0.370. The van der Waals surface area contributed by atoms with Crippen LogP contribution in [0.2, 0.25) is 0 Å². The molecule has 0 fully saturated rings. The molecule has 3 nitrogen and oxygen atoms in total. The van der Waals surface area contributed by atoms with Crippen LogP contribution in [0.15, 0.2) is 0 Å². The van der Waals surface area contributed by atoms with E-state index in [9.17, 15) is 4.21 Å². The number of nitrogens with zero attached hydrogens (tertiary/aromatic N) is 1. The van der Waals surface area contributed by atoms with Crippen molar-refractivity contribution in [2.75, 3.05) is 13.1 Å². The summed E-state index contributed by atoms with van der Waals surface area (Å²) in [7, 11) is 0. The molecule has 52 valence electrons. The summed E-state index contributed by atoms with van der Waals surface area (Å²) < 4.78 is 20.1. The number of rotatable bonds is 3. The fourth-order valence-corrected chi connectivity index (χ4v) is 0.886.